The van der Waals surface area contributed by atoms with E-state index in [1.54, 1.807) is 21.6 Å². The van der Waals surface area contributed by atoms with Gasteiger partial charge in [-0.25, -0.2) is 8.42 Å². The molecule has 0 saturated carbocycles. The summed E-state index contributed by atoms with van der Waals surface area (Å²) in [5.74, 6) is 0. The second kappa shape index (κ2) is 9.04. The molecule has 4 rings (SSSR count). The Balaban J connectivity index is 0.000000377. The quantitative estimate of drug-likeness (QED) is 0.163. The van der Waals surface area contributed by atoms with E-state index in [4.69, 9.17) is 0 Å². The van der Waals surface area contributed by atoms with Crippen LogP contribution in [0.1, 0.15) is 0 Å². The maximum Gasteiger partial charge on any atom is 0.217 e. The van der Waals surface area contributed by atoms with Gasteiger partial charge in [0.15, 0.2) is 0 Å². The Morgan fingerprint density at radius 1 is 0.933 bits per heavy atom. The largest absolute Gasteiger partial charge is 0.726 e. The molecule has 0 aliphatic carbocycles. The first kappa shape index (κ1) is 22.7. The van der Waals surface area contributed by atoms with Crippen LogP contribution in [0.15, 0.2) is 74.6 Å². The van der Waals surface area contributed by atoms with Crippen LogP contribution in [0.2, 0.25) is 0 Å². The van der Waals surface area contributed by atoms with Crippen LogP contribution < -0.4 is 4.48 Å². The number of nitrogens with zero attached hydrogens (tertiary/aromatic N) is 3. The van der Waals surface area contributed by atoms with Gasteiger partial charge in [0.2, 0.25) is 10.4 Å². The van der Waals surface area contributed by atoms with Gasteiger partial charge in [0, 0.05) is 22.4 Å². The summed E-state index contributed by atoms with van der Waals surface area (Å²) < 4.78 is 31.8. The van der Waals surface area contributed by atoms with Crippen molar-refractivity contribution in [1.29, 1.82) is 0 Å². The molecule has 0 atom stereocenters. The zero-order valence-electron chi connectivity index (χ0n) is 16.9. The van der Waals surface area contributed by atoms with Gasteiger partial charge in [0.05, 0.1) is 38.8 Å². The second-order valence-electron chi connectivity index (χ2n) is 7.24. The summed E-state index contributed by atoms with van der Waals surface area (Å²) in [4.78, 5) is 2.54. The van der Waals surface area contributed by atoms with Crippen LogP contribution in [-0.4, -0.2) is 41.2 Å². The standard InChI is InChI=1S/C19H18N3S2.CH4O4S/c1-22(2,3)15-10-8-14(9-11-15)20-21-16-12-7-13-5-4-6-17-18(13)19(16)24-23-17;1-5-6(2,3)4/h4-12H,1-3H3;1H3,(H,2,3,4)/q+1;/p-1. The van der Waals surface area contributed by atoms with Crippen molar-refractivity contribution in [2.75, 3.05) is 28.3 Å². The molecule has 158 valence electrons. The summed E-state index contributed by atoms with van der Waals surface area (Å²) in [6, 6.07) is 18.9. The molecular weight excluding hydrogens is 442 g/mol. The second-order valence-corrected chi connectivity index (χ2v) is 10.6. The van der Waals surface area contributed by atoms with Crippen LogP contribution >= 0.6 is 21.6 Å². The maximum atomic E-state index is 9.22. The summed E-state index contributed by atoms with van der Waals surface area (Å²) in [7, 11) is 6.43. The summed E-state index contributed by atoms with van der Waals surface area (Å²) in [6.07, 6.45) is 0. The first-order valence-corrected chi connectivity index (χ1v) is 12.3. The molecule has 0 unspecified atom stereocenters. The number of rotatable bonds is 4. The van der Waals surface area contributed by atoms with Crippen LogP contribution in [-0.2, 0) is 14.6 Å². The van der Waals surface area contributed by atoms with Crippen LogP contribution in [0, 0.1) is 0 Å². The van der Waals surface area contributed by atoms with E-state index in [1.807, 2.05) is 12.1 Å². The number of benzene rings is 3. The molecule has 30 heavy (non-hydrogen) atoms. The first-order valence-electron chi connectivity index (χ1n) is 8.84. The predicted molar refractivity (Wildman–Crippen MR) is 123 cm³/mol. The molecule has 0 amide bonds. The minimum Gasteiger partial charge on any atom is -0.726 e. The van der Waals surface area contributed by atoms with E-state index in [1.165, 1.54) is 26.3 Å². The Bertz CT molecular complexity index is 1190. The van der Waals surface area contributed by atoms with Crippen molar-refractivity contribution in [2.45, 2.75) is 9.79 Å². The third-order valence-electron chi connectivity index (χ3n) is 4.26. The van der Waals surface area contributed by atoms with Crippen LogP contribution in [0.5, 0.6) is 0 Å². The van der Waals surface area contributed by atoms with Gasteiger partial charge < -0.3 is 4.55 Å². The van der Waals surface area contributed by atoms with Crippen molar-refractivity contribution < 1.29 is 17.2 Å². The van der Waals surface area contributed by atoms with E-state index in [2.05, 4.69) is 78.0 Å². The molecule has 10 heteroatoms. The fraction of sp³-hybridized carbons (Fsp3) is 0.200. The lowest BCUT2D eigenvalue weighted by Gasteiger charge is -2.23. The highest BCUT2D eigenvalue weighted by Gasteiger charge is 2.19. The van der Waals surface area contributed by atoms with Crippen molar-refractivity contribution in [3.8, 4) is 0 Å². The van der Waals surface area contributed by atoms with Crippen molar-refractivity contribution in [2.24, 2.45) is 10.2 Å². The van der Waals surface area contributed by atoms with Gasteiger partial charge in [-0.15, -0.1) is 5.11 Å². The minimum absolute atomic E-state index is 0.795. The number of azo groups is 1. The first-order chi connectivity index (χ1) is 14.1. The summed E-state index contributed by atoms with van der Waals surface area (Å²) >= 11 is 0. The molecule has 3 aromatic rings. The van der Waals surface area contributed by atoms with E-state index in [0.717, 1.165) is 23.0 Å². The summed E-state index contributed by atoms with van der Waals surface area (Å²) in [5, 5.41) is 11.5. The SMILES string of the molecule is COS(=O)(=O)[O-].C[N+](C)(C)c1ccc(N=Nc2ccc3cccc4c3c2SS4)cc1. The van der Waals surface area contributed by atoms with E-state index in [9.17, 15) is 13.0 Å². The third-order valence-corrected chi connectivity index (χ3v) is 7.14. The Kier molecular flexibility index (Phi) is 6.85. The molecule has 3 aromatic carbocycles. The maximum absolute atomic E-state index is 9.22. The molecule has 0 aromatic heterocycles. The normalized spacial score (nSPS) is 13.5. The smallest absolute Gasteiger partial charge is 0.217 e. The predicted octanol–water partition coefficient (Wildman–Crippen LogP) is 5.66. The van der Waals surface area contributed by atoms with E-state index < -0.39 is 10.4 Å². The zero-order chi connectivity index (χ0) is 21.9. The van der Waals surface area contributed by atoms with Crippen molar-refractivity contribution in [1.82, 2.24) is 4.48 Å². The summed E-state index contributed by atoms with van der Waals surface area (Å²) in [6.45, 7) is 0. The van der Waals surface area contributed by atoms with Gasteiger partial charge >= 0.3 is 0 Å². The van der Waals surface area contributed by atoms with E-state index in [-0.39, 0.29) is 0 Å². The summed E-state index contributed by atoms with van der Waals surface area (Å²) in [5.41, 5.74) is 3.07. The molecule has 0 spiro atoms. The highest BCUT2D eigenvalue weighted by Crippen LogP contribution is 2.54. The molecule has 7 nitrogen and oxygen atoms in total. The van der Waals surface area contributed by atoms with Gasteiger partial charge in [-0.1, -0.05) is 29.0 Å². The lowest BCUT2D eigenvalue weighted by molar-refractivity contribution is 0.314. The Labute approximate surface area is 184 Å². The average molecular weight is 464 g/mol. The molecule has 0 fully saturated rings. The van der Waals surface area contributed by atoms with E-state index in [0.29, 0.717) is 0 Å². The molecule has 0 bridgehead atoms. The number of hydrogen-bond donors (Lipinski definition) is 0. The van der Waals surface area contributed by atoms with Crippen molar-refractivity contribution >= 4 is 59.8 Å². The molecule has 1 heterocycles. The van der Waals surface area contributed by atoms with Crippen LogP contribution in [0.25, 0.3) is 10.8 Å². The number of quaternary nitrogens is 1. The third kappa shape index (κ3) is 5.60. The zero-order valence-corrected chi connectivity index (χ0v) is 19.3. The van der Waals surface area contributed by atoms with Gasteiger partial charge in [-0.2, -0.15) is 5.11 Å². The lowest BCUT2D eigenvalue weighted by Crippen LogP contribution is -2.34. The topological polar surface area (TPSA) is 91.2 Å². The van der Waals surface area contributed by atoms with Gasteiger partial charge in [-0.3, -0.25) is 8.67 Å². The monoisotopic (exact) mass is 463 g/mol. The molecule has 0 saturated heterocycles. The van der Waals surface area contributed by atoms with Crippen LogP contribution in [0.3, 0.4) is 0 Å². The Hall–Kier alpha value is -1.95. The molecule has 1 aliphatic rings. The number of hydrogen-bond acceptors (Lipinski definition) is 8. The van der Waals surface area contributed by atoms with Crippen molar-refractivity contribution in [3.05, 3.63) is 54.6 Å². The highest BCUT2D eigenvalue weighted by atomic mass is 33.1. The average Bonchev–Trinajstić information content (AvgIpc) is 3.13. The Morgan fingerprint density at radius 2 is 1.60 bits per heavy atom. The lowest BCUT2D eigenvalue weighted by atomic mass is 10.1. The van der Waals surface area contributed by atoms with Crippen LogP contribution in [0.4, 0.5) is 17.1 Å². The molecule has 0 N–H and O–H groups in total. The molecule has 1 aliphatic heterocycles. The molecular formula is C20H21N3O4S3. The Morgan fingerprint density at radius 3 is 2.20 bits per heavy atom. The van der Waals surface area contributed by atoms with Gasteiger partial charge in [0.1, 0.15) is 11.4 Å². The minimum atomic E-state index is -4.41. The van der Waals surface area contributed by atoms with Gasteiger partial charge in [-0.05, 0) is 40.4 Å². The highest BCUT2D eigenvalue weighted by molar-refractivity contribution is 8.77. The van der Waals surface area contributed by atoms with Crippen molar-refractivity contribution in [3.63, 3.8) is 0 Å². The van der Waals surface area contributed by atoms with Gasteiger partial charge in [0.25, 0.3) is 0 Å². The van der Waals surface area contributed by atoms with E-state index >= 15 is 0 Å². The fourth-order valence-corrected chi connectivity index (χ4v) is 5.32. The molecule has 0 radical (unpaired) electrons. The fourth-order valence-electron chi connectivity index (χ4n) is 2.70.